The van der Waals surface area contributed by atoms with Gasteiger partial charge in [-0.05, 0) is 32.2 Å². The largest absolute Gasteiger partial charge is 0.378 e. The molecule has 3 nitrogen and oxygen atoms in total. The Kier molecular flexibility index (Phi) is 5.01. The summed E-state index contributed by atoms with van der Waals surface area (Å²) < 4.78 is 5.84. The van der Waals surface area contributed by atoms with Crippen LogP contribution in [0.3, 0.4) is 0 Å². The van der Waals surface area contributed by atoms with Crippen molar-refractivity contribution in [3.05, 3.63) is 40.2 Å². The lowest BCUT2D eigenvalue weighted by Crippen LogP contribution is -2.21. The molecule has 1 aliphatic heterocycles. The van der Waals surface area contributed by atoms with Crippen LogP contribution in [0.4, 0.5) is 0 Å². The summed E-state index contributed by atoms with van der Waals surface area (Å²) in [5.41, 5.74) is 8.05. The van der Waals surface area contributed by atoms with Crippen LogP contribution in [0, 0.1) is 0 Å². The predicted molar refractivity (Wildman–Crippen MR) is 87.6 cm³/mol. The van der Waals surface area contributed by atoms with Gasteiger partial charge in [0.25, 0.3) is 0 Å². The summed E-state index contributed by atoms with van der Waals surface area (Å²) in [4.78, 5) is 6.18. The van der Waals surface area contributed by atoms with Crippen molar-refractivity contribution in [1.82, 2.24) is 4.98 Å². The molecule has 0 saturated carbocycles. The van der Waals surface area contributed by atoms with Crippen LogP contribution in [-0.2, 0) is 17.6 Å². The van der Waals surface area contributed by atoms with Crippen molar-refractivity contribution >= 4 is 11.3 Å². The molecule has 0 spiro atoms. The van der Waals surface area contributed by atoms with Crippen molar-refractivity contribution < 1.29 is 4.74 Å². The van der Waals surface area contributed by atoms with Gasteiger partial charge in [0.15, 0.2) is 0 Å². The first-order chi connectivity index (χ1) is 10.4. The smallest absolute Gasteiger partial charge is 0.0961 e. The van der Waals surface area contributed by atoms with Crippen molar-refractivity contribution in [1.29, 1.82) is 0 Å². The predicted octanol–water partition coefficient (Wildman–Crippen LogP) is 3.42. The average Bonchev–Trinajstić information content (AvgIpc) is 2.92. The van der Waals surface area contributed by atoms with Gasteiger partial charge >= 0.3 is 0 Å². The van der Waals surface area contributed by atoms with E-state index in [0.717, 1.165) is 31.6 Å². The van der Waals surface area contributed by atoms with Gasteiger partial charge in [-0.3, -0.25) is 0 Å². The minimum Gasteiger partial charge on any atom is -0.378 e. The molecule has 2 aromatic rings. The number of hydrogen-bond donors (Lipinski definition) is 1. The topological polar surface area (TPSA) is 48.1 Å². The van der Waals surface area contributed by atoms with E-state index in [9.17, 15) is 0 Å². The van der Waals surface area contributed by atoms with Gasteiger partial charge in [0.05, 0.1) is 16.8 Å². The summed E-state index contributed by atoms with van der Waals surface area (Å²) in [6.07, 6.45) is 5.81. The van der Waals surface area contributed by atoms with E-state index in [2.05, 4.69) is 24.3 Å². The molecule has 1 atom stereocenters. The van der Waals surface area contributed by atoms with E-state index in [1.807, 2.05) is 6.07 Å². The van der Waals surface area contributed by atoms with Gasteiger partial charge in [0.1, 0.15) is 0 Å². The average molecular weight is 302 g/mol. The second-order valence-corrected chi connectivity index (χ2v) is 6.64. The molecule has 1 aliphatic rings. The first-order valence-corrected chi connectivity index (χ1v) is 8.54. The molecule has 21 heavy (non-hydrogen) atoms. The molecule has 1 aromatic heterocycles. The second kappa shape index (κ2) is 7.16. The molecule has 1 fully saturated rings. The number of nitrogens with two attached hydrogens (primary N) is 1. The van der Waals surface area contributed by atoms with E-state index in [0.29, 0.717) is 12.6 Å². The fourth-order valence-electron chi connectivity index (χ4n) is 2.77. The lowest BCUT2D eigenvalue weighted by molar-refractivity contribution is 0.0168. The lowest BCUT2D eigenvalue weighted by Gasteiger charge is -2.21. The number of thiazole rings is 1. The highest BCUT2D eigenvalue weighted by Gasteiger charge is 2.18. The van der Waals surface area contributed by atoms with E-state index in [-0.39, 0.29) is 0 Å². The van der Waals surface area contributed by atoms with E-state index in [1.165, 1.54) is 28.3 Å². The molecular formula is C17H22N2OS. The summed E-state index contributed by atoms with van der Waals surface area (Å²) in [6.45, 7) is 1.57. The molecule has 0 aliphatic carbocycles. The van der Waals surface area contributed by atoms with Gasteiger partial charge in [-0.1, -0.05) is 30.3 Å². The molecule has 1 aromatic carbocycles. The zero-order valence-corrected chi connectivity index (χ0v) is 13.1. The van der Waals surface area contributed by atoms with Crippen LogP contribution in [0.5, 0.6) is 0 Å². The molecule has 4 heteroatoms. The van der Waals surface area contributed by atoms with Gasteiger partial charge in [-0.25, -0.2) is 4.98 Å². The Bertz CT molecular complexity index is 561. The van der Waals surface area contributed by atoms with E-state index < -0.39 is 0 Å². The number of rotatable bonds is 5. The standard InChI is InChI=1S/C17H22N2OS/c18-10-9-15-17(13-6-2-1-3-7-13)19-16(21-15)12-14-8-4-5-11-20-14/h1-3,6-7,14H,4-5,8-12,18H2. The number of benzene rings is 1. The third-order valence-electron chi connectivity index (χ3n) is 3.84. The fourth-order valence-corrected chi connectivity index (χ4v) is 3.94. The van der Waals surface area contributed by atoms with Crippen LogP contribution in [0.2, 0.25) is 0 Å². The van der Waals surface area contributed by atoms with Crippen LogP contribution in [-0.4, -0.2) is 24.2 Å². The molecule has 0 amide bonds. The molecular weight excluding hydrogens is 280 g/mol. The minimum atomic E-state index is 0.347. The first-order valence-electron chi connectivity index (χ1n) is 7.72. The molecule has 2 N–H and O–H groups in total. The molecule has 1 saturated heterocycles. The van der Waals surface area contributed by atoms with Gasteiger partial charge in [-0.2, -0.15) is 0 Å². The van der Waals surface area contributed by atoms with Gasteiger partial charge < -0.3 is 10.5 Å². The van der Waals surface area contributed by atoms with Crippen LogP contribution < -0.4 is 5.73 Å². The van der Waals surface area contributed by atoms with E-state index in [4.69, 9.17) is 15.5 Å². The fraction of sp³-hybridized carbons (Fsp3) is 0.471. The molecule has 0 bridgehead atoms. The Morgan fingerprint density at radius 1 is 1.24 bits per heavy atom. The minimum absolute atomic E-state index is 0.347. The van der Waals surface area contributed by atoms with Crippen molar-refractivity contribution in [2.45, 2.75) is 38.2 Å². The maximum atomic E-state index is 5.84. The second-order valence-electron chi connectivity index (χ2n) is 5.48. The zero-order valence-electron chi connectivity index (χ0n) is 12.3. The third-order valence-corrected chi connectivity index (χ3v) is 4.97. The highest BCUT2D eigenvalue weighted by atomic mass is 32.1. The number of nitrogens with zero attached hydrogens (tertiary/aromatic N) is 1. The van der Waals surface area contributed by atoms with Gasteiger partial charge in [-0.15, -0.1) is 11.3 Å². The van der Waals surface area contributed by atoms with E-state index in [1.54, 1.807) is 11.3 Å². The third kappa shape index (κ3) is 3.70. The highest BCUT2D eigenvalue weighted by molar-refractivity contribution is 7.12. The normalized spacial score (nSPS) is 18.8. The SMILES string of the molecule is NCCc1sc(CC2CCCCO2)nc1-c1ccccc1. The Balaban J connectivity index is 1.82. The first kappa shape index (κ1) is 14.7. The zero-order chi connectivity index (χ0) is 14.5. The Hall–Kier alpha value is -1.23. The van der Waals surface area contributed by atoms with Crippen molar-refractivity contribution in [3.8, 4) is 11.3 Å². The van der Waals surface area contributed by atoms with E-state index >= 15 is 0 Å². The number of hydrogen-bond acceptors (Lipinski definition) is 4. The maximum Gasteiger partial charge on any atom is 0.0961 e. The van der Waals surface area contributed by atoms with Crippen molar-refractivity contribution in [2.75, 3.05) is 13.2 Å². The summed E-state index contributed by atoms with van der Waals surface area (Å²) in [5, 5.41) is 1.18. The Morgan fingerprint density at radius 2 is 2.10 bits per heavy atom. The van der Waals surface area contributed by atoms with Crippen molar-refractivity contribution in [3.63, 3.8) is 0 Å². The lowest BCUT2D eigenvalue weighted by atomic mass is 10.1. The number of aromatic nitrogens is 1. The van der Waals surface area contributed by atoms with Gasteiger partial charge in [0, 0.05) is 23.5 Å². The Labute approximate surface area is 130 Å². The van der Waals surface area contributed by atoms with Crippen LogP contribution in [0.1, 0.15) is 29.1 Å². The van der Waals surface area contributed by atoms with Gasteiger partial charge in [0.2, 0.25) is 0 Å². The van der Waals surface area contributed by atoms with Crippen LogP contribution in [0.25, 0.3) is 11.3 Å². The molecule has 2 heterocycles. The molecule has 0 radical (unpaired) electrons. The Morgan fingerprint density at radius 3 is 2.81 bits per heavy atom. The van der Waals surface area contributed by atoms with Crippen molar-refractivity contribution in [2.24, 2.45) is 5.73 Å². The number of ether oxygens (including phenoxy) is 1. The summed E-state index contributed by atoms with van der Waals surface area (Å²) >= 11 is 1.80. The molecule has 3 rings (SSSR count). The highest BCUT2D eigenvalue weighted by Crippen LogP contribution is 2.30. The molecule has 112 valence electrons. The summed E-state index contributed by atoms with van der Waals surface area (Å²) in [6, 6.07) is 10.4. The monoisotopic (exact) mass is 302 g/mol. The van der Waals surface area contributed by atoms with Crippen LogP contribution >= 0.6 is 11.3 Å². The summed E-state index contributed by atoms with van der Waals surface area (Å²) in [5.74, 6) is 0. The maximum absolute atomic E-state index is 5.84. The quantitative estimate of drug-likeness (QED) is 0.920. The summed E-state index contributed by atoms with van der Waals surface area (Å²) in [7, 11) is 0. The van der Waals surface area contributed by atoms with Crippen LogP contribution in [0.15, 0.2) is 30.3 Å². The molecule has 1 unspecified atom stereocenters.